The smallest absolute Gasteiger partial charge is 0.0790 e. The topological polar surface area (TPSA) is 29.5 Å². The fraction of sp³-hybridized carbons (Fsp3) is 1.00. The van der Waals surface area contributed by atoms with Crippen molar-refractivity contribution in [2.24, 2.45) is 0 Å². The molecule has 2 atom stereocenters. The molecule has 0 amide bonds. The molecular formula is C8H17O2P. The van der Waals surface area contributed by atoms with E-state index in [1.165, 1.54) is 6.16 Å². The van der Waals surface area contributed by atoms with Gasteiger partial charge in [-0.25, -0.2) is 0 Å². The summed E-state index contributed by atoms with van der Waals surface area (Å²) < 4.78 is 5.75. The van der Waals surface area contributed by atoms with Crippen LogP contribution in [0.2, 0.25) is 0 Å². The zero-order chi connectivity index (χ0) is 8.32. The Morgan fingerprint density at radius 3 is 2.82 bits per heavy atom. The van der Waals surface area contributed by atoms with E-state index in [-0.39, 0.29) is 5.34 Å². The molecule has 11 heavy (non-hydrogen) atoms. The monoisotopic (exact) mass is 176 g/mol. The summed E-state index contributed by atoms with van der Waals surface area (Å²) >= 11 is 0. The summed E-state index contributed by atoms with van der Waals surface area (Å²) in [5.74, 6) is 0. The maximum Gasteiger partial charge on any atom is 0.0790 e. The van der Waals surface area contributed by atoms with Crippen LogP contribution in [0.5, 0.6) is 0 Å². The molecule has 0 aromatic heterocycles. The van der Waals surface area contributed by atoms with Gasteiger partial charge in [-0.15, -0.1) is 0 Å². The van der Waals surface area contributed by atoms with E-state index in [0.717, 1.165) is 21.4 Å². The van der Waals surface area contributed by atoms with Crippen LogP contribution in [-0.2, 0) is 4.74 Å². The Hall–Kier alpha value is 0.350. The molecule has 1 aliphatic rings. The molecule has 0 bridgehead atoms. The molecule has 2 nitrogen and oxygen atoms in total. The Kier molecular flexibility index (Phi) is 3.29. The van der Waals surface area contributed by atoms with Crippen molar-refractivity contribution >= 4 is 8.58 Å². The first-order chi connectivity index (χ1) is 5.14. The zero-order valence-corrected chi connectivity index (χ0v) is 8.26. The molecule has 1 heterocycles. The quantitative estimate of drug-likeness (QED) is 0.661. The lowest BCUT2D eigenvalue weighted by Gasteiger charge is -2.18. The second-order valence-corrected chi connectivity index (χ2v) is 5.46. The summed E-state index contributed by atoms with van der Waals surface area (Å²) in [7, 11) is 0.923. The number of ether oxygens (including phenoxy) is 1. The highest BCUT2D eigenvalue weighted by Gasteiger charge is 2.30. The predicted octanol–water partition coefficient (Wildman–Crippen LogP) is 1.57. The highest BCUT2D eigenvalue weighted by Crippen LogP contribution is 2.42. The molecular weight excluding hydrogens is 159 g/mol. The van der Waals surface area contributed by atoms with E-state index in [4.69, 9.17) is 9.84 Å². The summed E-state index contributed by atoms with van der Waals surface area (Å²) in [6.45, 7) is 4.58. The van der Waals surface area contributed by atoms with Gasteiger partial charge in [0, 0.05) is 6.61 Å². The van der Waals surface area contributed by atoms with Crippen molar-refractivity contribution in [3.05, 3.63) is 0 Å². The fourth-order valence-electron chi connectivity index (χ4n) is 1.34. The van der Waals surface area contributed by atoms with Gasteiger partial charge in [-0.1, -0.05) is 8.58 Å². The lowest BCUT2D eigenvalue weighted by molar-refractivity contribution is 0.00758. The molecule has 0 radical (unpaired) electrons. The van der Waals surface area contributed by atoms with Gasteiger partial charge in [0.25, 0.3) is 0 Å². The Balaban J connectivity index is 2.20. The van der Waals surface area contributed by atoms with Crippen LogP contribution in [0.4, 0.5) is 0 Å². The highest BCUT2D eigenvalue weighted by molar-refractivity contribution is 7.40. The van der Waals surface area contributed by atoms with Gasteiger partial charge in [0.1, 0.15) is 0 Å². The Morgan fingerprint density at radius 2 is 2.36 bits per heavy atom. The second kappa shape index (κ2) is 3.84. The van der Waals surface area contributed by atoms with Crippen LogP contribution in [0.1, 0.15) is 26.7 Å². The van der Waals surface area contributed by atoms with Gasteiger partial charge in [0.05, 0.1) is 11.4 Å². The first-order valence-electron chi connectivity index (χ1n) is 4.18. The average molecular weight is 176 g/mol. The van der Waals surface area contributed by atoms with Crippen molar-refractivity contribution in [2.45, 2.75) is 38.1 Å². The lowest BCUT2D eigenvalue weighted by Crippen LogP contribution is -2.18. The molecule has 1 N–H and O–H groups in total. The van der Waals surface area contributed by atoms with Gasteiger partial charge in [0.15, 0.2) is 0 Å². The molecule has 1 saturated heterocycles. The van der Waals surface area contributed by atoms with Gasteiger partial charge in [-0.3, -0.25) is 0 Å². The summed E-state index contributed by atoms with van der Waals surface area (Å²) in [5, 5.41) is 8.71. The van der Waals surface area contributed by atoms with Crippen molar-refractivity contribution < 1.29 is 9.84 Å². The van der Waals surface area contributed by atoms with E-state index in [0.29, 0.717) is 12.7 Å². The SMILES string of the molecule is CC1(C)OC(CCCO)CP1. The molecule has 0 aliphatic carbocycles. The van der Waals surface area contributed by atoms with Gasteiger partial charge in [-0.2, -0.15) is 0 Å². The molecule has 1 rings (SSSR count). The highest BCUT2D eigenvalue weighted by atomic mass is 31.1. The van der Waals surface area contributed by atoms with Crippen LogP contribution >= 0.6 is 8.58 Å². The van der Waals surface area contributed by atoms with Crippen molar-refractivity contribution in [1.29, 1.82) is 0 Å². The minimum absolute atomic E-state index is 0.111. The van der Waals surface area contributed by atoms with E-state index in [9.17, 15) is 0 Å². The normalized spacial score (nSPS) is 31.4. The van der Waals surface area contributed by atoms with Gasteiger partial charge in [-0.05, 0) is 32.9 Å². The molecule has 2 unspecified atom stereocenters. The molecule has 3 heteroatoms. The fourth-order valence-corrected chi connectivity index (χ4v) is 2.60. The first kappa shape index (κ1) is 9.44. The van der Waals surface area contributed by atoms with Crippen molar-refractivity contribution in [1.82, 2.24) is 0 Å². The number of rotatable bonds is 3. The number of aliphatic hydroxyl groups excluding tert-OH is 1. The van der Waals surface area contributed by atoms with Crippen LogP contribution in [0.25, 0.3) is 0 Å². The zero-order valence-electron chi connectivity index (χ0n) is 7.26. The molecule has 1 aliphatic heterocycles. The van der Waals surface area contributed by atoms with Crippen LogP contribution < -0.4 is 0 Å². The number of hydrogen-bond donors (Lipinski definition) is 1. The number of hydrogen-bond acceptors (Lipinski definition) is 2. The van der Waals surface area contributed by atoms with Crippen LogP contribution in [-0.4, -0.2) is 29.3 Å². The maximum atomic E-state index is 8.60. The summed E-state index contributed by atoms with van der Waals surface area (Å²) in [5.41, 5.74) is 0. The van der Waals surface area contributed by atoms with Crippen LogP contribution in [0, 0.1) is 0 Å². The van der Waals surface area contributed by atoms with Crippen molar-refractivity contribution in [3.63, 3.8) is 0 Å². The Bertz CT molecular complexity index is 125. The third kappa shape index (κ3) is 3.06. The summed E-state index contributed by atoms with van der Waals surface area (Å²) in [4.78, 5) is 0. The predicted molar refractivity (Wildman–Crippen MR) is 48.5 cm³/mol. The summed E-state index contributed by atoms with van der Waals surface area (Å²) in [6, 6.07) is 0. The van der Waals surface area contributed by atoms with E-state index >= 15 is 0 Å². The first-order valence-corrected chi connectivity index (χ1v) is 5.38. The van der Waals surface area contributed by atoms with Crippen molar-refractivity contribution in [2.75, 3.05) is 12.8 Å². The molecule has 1 fully saturated rings. The average Bonchev–Trinajstić information content (AvgIpc) is 2.26. The van der Waals surface area contributed by atoms with Crippen LogP contribution in [0.3, 0.4) is 0 Å². The van der Waals surface area contributed by atoms with Crippen molar-refractivity contribution in [3.8, 4) is 0 Å². The third-order valence-corrected chi connectivity index (χ3v) is 3.53. The Morgan fingerprint density at radius 1 is 1.64 bits per heavy atom. The van der Waals surface area contributed by atoms with E-state index in [1.807, 2.05) is 0 Å². The molecule has 0 saturated carbocycles. The van der Waals surface area contributed by atoms with Gasteiger partial charge < -0.3 is 9.84 Å². The molecule has 0 aromatic carbocycles. The lowest BCUT2D eigenvalue weighted by atomic mass is 10.2. The number of aliphatic hydroxyl groups is 1. The molecule has 0 spiro atoms. The molecule has 66 valence electrons. The van der Waals surface area contributed by atoms with Gasteiger partial charge in [0.2, 0.25) is 0 Å². The third-order valence-electron chi connectivity index (χ3n) is 1.90. The maximum absolute atomic E-state index is 8.60. The Labute approximate surface area is 70.1 Å². The molecule has 0 aromatic rings. The summed E-state index contributed by atoms with van der Waals surface area (Å²) in [6.07, 6.45) is 3.50. The van der Waals surface area contributed by atoms with E-state index < -0.39 is 0 Å². The largest absolute Gasteiger partial charge is 0.396 e. The van der Waals surface area contributed by atoms with E-state index in [2.05, 4.69) is 13.8 Å². The van der Waals surface area contributed by atoms with Gasteiger partial charge >= 0.3 is 0 Å². The standard InChI is InChI=1S/C8H17O2P/c1-8(2)10-7(6-11-8)4-3-5-9/h7,9,11H,3-6H2,1-2H3. The minimum Gasteiger partial charge on any atom is -0.396 e. The van der Waals surface area contributed by atoms with Crippen LogP contribution in [0.15, 0.2) is 0 Å². The minimum atomic E-state index is 0.111. The second-order valence-electron chi connectivity index (χ2n) is 3.50. The van der Waals surface area contributed by atoms with E-state index in [1.54, 1.807) is 0 Å².